The minimum Gasteiger partial charge on any atom is -0.462 e. The highest BCUT2D eigenvalue weighted by Crippen LogP contribution is 2.13. The van der Waals surface area contributed by atoms with Crippen LogP contribution in [0.3, 0.4) is 0 Å². The first kappa shape index (κ1) is 51.1. The average Bonchev–Trinajstić information content (AvgIpc) is 3.17. The zero-order valence-corrected chi connectivity index (χ0v) is 35.2. The molecule has 0 saturated carbocycles. The summed E-state index contributed by atoms with van der Waals surface area (Å²) in [5.74, 6) is -0.993. The predicted molar refractivity (Wildman–Crippen MR) is 228 cm³/mol. The molecular weight excluding hydrogens is 673 g/mol. The van der Waals surface area contributed by atoms with Gasteiger partial charge in [0.15, 0.2) is 6.10 Å². The first-order chi connectivity index (χ1) is 26.5. The topological polar surface area (TPSA) is 78.9 Å². The SMILES string of the molecule is CC/C=C\C/C=C\C/C=C\CCCC(=O)OC(COC(=O)CCCCC/C=C\C=C/CCCCCCCCC)COC(=O)CCCCCCCCCCC. The van der Waals surface area contributed by atoms with Crippen molar-refractivity contribution in [2.45, 2.75) is 213 Å². The monoisotopic (exact) mass is 755 g/mol. The second-order valence-electron chi connectivity index (χ2n) is 14.6. The van der Waals surface area contributed by atoms with Crippen LogP contribution in [-0.2, 0) is 28.6 Å². The van der Waals surface area contributed by atoms with Crippen molar-refractivity contribution in [3.8, 4) is 0 Å². The fourth-order valence-electron chi connectivity index (χ4n) is 5.93. The lowest BCUT2D eigenvalue weighted by molar-refractivity contribution is -0.167. The van der Waals surface area contributed by atoms with Crippen LogP contribution in [0.5, 0.6) is 0 Å². The van der Waals surface area contributed by atoms with E-state index >= 15 is 0 Å². The Bertz CT molecular complexity index is 1010. The molecule has 0 spiro atoms. The largest absolute Gasteiger partial charge is 0.462 e. The summed E-state index contributed by atoms with van der Waals surface area (Å²) in [5.41, 5.74) is 0. The van der Waals surface area contributed by atoms with E-state index in [4.69, 9.17) is 14.2 Å². The fourth-order valence-corrected chi connectivity index (χ4v) is 5.93. The van der Waals surface area contributed by atoms with Crippen molar-refractivity contribution >= 4 is 17.9 Å². The molecule has 0 amide bonds. The maximum absolute atomic E-state index is 12.6. The van der Waals surface area contributed by atoms with Gasteiger partial charge in [-0.1, -0.05) is 178 Å². The lowest BCUT2D eigenvalue weighted by Crippen LogP contribution is -2.30. The van der Waals surface area contributed by atoms with E-state index in [1.807, 2.05) is 0 Å². The molecule has 0 saturated heterocycles. The highest BCUT2D eigenvalue weighted by Gasteiger charge is 2.19. The molecule has 6 heteroatoms. The molecule has 0 radical (unpaired) electrons. The van der Waals surface area contributed by atoms with Gasteiger partial charge < -0.3 is 14.2 Å². The number of carbonyl (C=O) groups is 3. The second-order valence-corrected chi connectivity index (χ2v) is 14.6. The molecule has 1 atom stereocenters. The zero-order chi connectivity index (χ0) is 39.4. The average molecular weight is 755 g/mol. The van der Waals surface area contributed by atoms with Crippen LogP contribution in [0, 0.1) is 0 Å². The molecule has 0 aromatic rings. The lowest BCUT2D eigenvalue weighted by atomic mass is 10.1. The van der Waals surface area contributed by atoms with Gasteiger partial charge in [-0.15, -0.1) is 0 Å². The molecule has 6 nitrogen and oxygen atoms in total. The summed E-state index contributed by atoms with van der Waals surface area (Å²) in [6.45, 7) is 6.40. The Labute approximate surface area is 332 Å². The Morgan fingerprint density at radius 3 is 1.30 bits per heavy atom. The van der Waals surface area contributed by atoms with Crippen LogP contribution < -0.4 is 0 Å². The van der Waals surface area contributed by atoms with Crippen molar-refractivity contribution in [2.75, 3.05) is 13.2 Å². The summed E-state index contributed by atoms with van der Waals surface area (Å²) in [6, 6.07) is 0. The highest BCUT2D eigenvalue weighted by molar-refractivity contribution is 5.71. The van der Waals surface area contributed by atoms with Crippen molar-refractivity contribution in [2.24, 2.45) is 0 Å². The van der Waals surface area contributed by atoms with Gasteiger partial charge in [-0.3, -0.25) is 14.4 Å². The van der Waals surface area contributed by atoms with Gasteiger partial charge >= 0.3 is 17.9 Å². The quantitative estimate of drug-likeness (QED) is 0.0204. The Balaban J connectivity index is 4.44. The first-order valence-corrected chi connectivity index (χ1v) is 22.3. The van der Waals surface area contributed by atoms with E-state index in [2.05, 4.69) is 81.5 Å². The van der Waals surface area contributed by atoms with Crippen molar-refractivity contribution in [1.82, 2.24) is 0 Å². The van der Waals surface area contributed by atoms with Gasteiger partial charge in [-0.2, -0.15) is 0 Å². The van der Waals surface area contributed by atoms with E-state index in [1.54, 1.807) is 0 Å². The smallest absolute Gasteiger partial charge is 0.306 e. The summed E-state index contributed by atoms with van der Waals surface area (Å²) in [4.78, 5) is 37.6. The van der Waals surface area contributed by atoms with E-state index < -0.39 is 6.10 Å². The normalized spacial score (nSPS) is 12.6. The van der Waals surface area contributed by atoms with Crippen LogP contribution in [-0.4, -0.2) is 37.2 Å². The van der Waals surface area contributed by atoms with Crippen LogP contribution in [0.25, 0.3) is 0 Å². The zero-order valence-electron chi connectivity index (χ0n) is 35.2. The molecule has 0 aromatic heterocycles. The van der Waals surface area contributed by atoms with Crippen molar-refractivity contribution in [3.05, 3.63) is 60.8 Å². The maximum atomic E-state index is 12.6. The minimum absolute atomic E-state index is 0.102. The first-order valence-electron chi connectivity index (χ1n) is 22.3. The molecule has 310 valence electrons. The summed E-state index contributed by atoms with van der Waals surface area (Å²) >= 11 is 0. The third-order valence-electron chi connectivity index (χ3n) is 9.28. The highest BCUT2D eigenvalue weighted by atomic mass is 16.6. The molecule has 54 heavy (non-hydrogen) atoms. The second kappa shape index (κ2) is 42.8. The maximum Gasteiger partial charge on any atom is 0.306 e. The Hall–Kier alpha value is -2.89. The van der Waals surface area contributed by atoms with Crippen LogP contribution in [0.4, 0.5) is 0 Å². The summed E-state index contributed by atoms with van der Waals surface area (Å²) in [6.07, 6.45) is 50.8. The molecule has 0 aromatic carbocycles. The Morgan fingerprint density at radius 1 is 0.407 bits per heavy atom. The summed E-state index contributed by atoms with van der Waals surface area (Å²) < 4.78 is 16.6. The standard InChI is InChI=1S/C48H82O6/c1-4-7-10-13-16-19-21-22-23-24-25-27-29-32-35-38-41-47(50)53-44-45(43-52-46(49)40-37-34-31-28-18-15-12-9-6-3)54-48(51)42-39-36-33-30-26-20-17-14-11-8-5-2/h8,11,17,20,23-25,27,30,33,45H,4-7,9-10,12-16,18-19,21-22,26,28-29,31-32,34-44H2,1-3H3/b11-8-,20-17-,24-23-,27-25-,33-30-. The van der Waals surface area contributed by atoms with Gasteiger partial charge in [-0.05, 0) is 70.6 Å². The molecule has 0 heterocycles. The van der Waals surface area contributed by atoms with Gasteiger partial charge in [0.1, 0.15) is 13.2 Å². The Morgan fingerprint density at radius 2 is 0.796 bits per heavy atom. The number of rotatable bonds is 39. The van der Waals surface area contributed by atoms with Crippen molar-refractivity contribution < 1.29 is 28.6 Å². The predicted octanol–water partition coefficient (Wildman–Crippen LogP) is 14.1. The molecular formula is C48H82O6. The number of hydrogen-bond donors (Lipinski definition) is 0. The fraction of sp³-hybridized carbons (Fsp3) is 0.729. The minimum atomic E-state index is -0.806. The van der Waals surface area contributed by atoms with Crippen molar-refractivity contribution in [1.29, 1.82) is 0 Å². The van der Waals surface area contributed by atoms with E-state index in [-0.39, 0.29) is 37.5 Å². The number of hydrogen-bond acceptors (Lipinski definition) is 6. The molecule has 0 aliphatic heterocycles. The number of ether oxygens (including phenoxy) is 3. The molecule has 0 fully saturated rings. The van der Waals surface area contributed by atoms with Crippen molar-refractivity contribution in [3.63, 3.8) is 0 Å². The number of allylic oxidation sites excluding steroid dienone is 10. The van der Waals surface area contributed by atoms with Crippen LogP contribution in [0.15, 0.2) is 60.8 Å². The molecule has 0 bridgehead atoms. The van der Waals surface area contributed by atoms with Crippen LogP contribution in [0.1, 0.15) is 207 Å². The molecule has 1 unspecified atom stereocenters. The summed E-state index contributed by atoms with van der Waals surface area (Å²) in [7, 11) is 0. The van der Waals surface area contributed by atoms with E-state index in [1.165, 1.54) is 83.5 Å². The molecule has 0 rings (SSSR count). The molecule has 0 N–H and O–H groups in total. The third-order valence-corrected chi connectivity index (χ3v) is 9.28. The van der Waals surface area contributed by atoms with Gasteiger partial charge in [0.05, 0.1) is 0 Å². The molecule has 0 aliphatic carbocycles. The van der Waals surface area contributed by atoms with E-state index in [0.717, 1.165) is 77.0 Å². The van der Waals surface area contributed by atoms with E-state index in [0.29, 0.717) is 19.3 Å². The van der Waals surface area contributed by atoms with Gasteiger partial charge in [0, 0.05) is 19.3 Å². The van der Waals surface area contributed by atoms with Gasteiger partial charge in [0.25, 0.3) is 0 Å². The van der Waals surface area contributed by atoms with Gasteiger partial charge in [0.2, 0.25) is 0 Å². The van der Waals surface area contributed by atoms with Crippen LogP contribution >= 0.6 is 0 Å². The Kier molecular flexibility index (Phi) is 40.6. The number of carbonyl (C=O) groups excluding carboxylic acids is 3. The number of unbranched alkanes of at least 4 members (excludes halogenated alkanes) is 19. The van der Waals surface area contributed by atoms with Crippen LogP contribution in [0.2, 0.25) is 0 Å². The molecule has 0 aliphatic rings. The third kappa shape index (κ3) is 40.3. The summed E-state index contributed by atoms with van der Waals surface area (Å²) in [5, 5.41) is 0. The van der Waals surface area contributed by atoms with E-state index in [9.17, 15) is 14.4 Å². The number of esters is 3. The lowest BCUT2D eigenvalue weighted by Gasteiger charge is -2.18. The van der Waals surface area contributed by atoms with Gasteiger partial charge in [-0.25, -0.2) is 0 Å².